The van der Waals surface area contributed by atoms with E-state index in [4.69, 9.17) is 0 Å². The van der Waals surface area contributed by atoms with Gasteiger partial charge >= 0.3 is 0 Å². The van der Waals surface area contributed by atoms with E-state index in [-0.39, 0.29) is 8.41 Å². The molecule has 0 saturated carbocycles. The molecule has 0 fully saturated rings. The monoisotopic (exact) mass is 148 g/mol. The van der Waals surface area contributed by atoms with Gasteiger partial charge in [-0.05, 0) is 49.9 Å². The molecule has 0 atom stereocenters. The predicted octanol–water partition coefficient (Wildman–Crippen LogP) is 1.74. The van der Waals surface area contributed by atoms with Gasteiger partial charge in [0.2, 0.25) is 0 Å². The van der Waals surface area contributed by atoms with Crippen LogP contribution in [0.25, 0.3) is 0 Å². The molecule has 1 rings (SSSR count). The molecule has 0 bridgehead atoms. The summed E-state index contributed by atoms with van der Waals surface area (Å²) >= 11 is 0. The molecule has 0 aromatic heterocycles. The van der Waals surface area contributed by atoms with Crippen LogP contribution in [0.4, 0.5) is 0 Å². The normalized spacial score (nSPS) is 9.09. The van der Waals surface area contributed by atoms with Crippen molar-refractivity contribution >= 4 is 8.41 Å². The van der Waals surface area contributed by atoms with Crippen LogP contribution in [0.3, 0.4) is 0 Å². The van der Waals surface area contributed by atoms with Crippen molar-refractivity contribution in [3.05, 3.63) is 34.4 Å². The first-order valence-corrected chi connectivity index (χ1v) is 3.65. The largest absolute Gasteiger partial charge is 0.0814 e. The zero-order chi connectivity index (χ0) is 7.72. The first-order valence-electron chi connectivity index (χ1n) is 3.65. The van der Waals surface area contributed by atoms with Crippen molar-refractivity contribution in [3.8, 4) is 0 Å². The van der Waals surface area contributed by atoms with Gasteiger partial charge < -0.3 is 0 Å². The summed E-state index contributed by atoms with van der Waals surface area (Å²) < 4.78 is 0. The molecular weight excluding hydrogens is 131 g/mol. The van der Waals surface area contributed by atoms with Gasteiger partial charge in [0.1, 0.15) is 0 Å². The van der Waals surface area contributed by atoms with Gasteiger partial charge in [-0.3, -0.25) is 0 Å². The van der Waals surface area contributed by atoms with Crippen molar-refractivity contribution in [2.24, 2.45) is 0 Å². The van der Waals surface area contributed by atoms with E-state index in [9.17, 15) is 0 Å². The summed E-state index contributed by atoms with van der Waals surface area (Å²) in [5.41, 5.74) is 5.57. The summed E-state index contributed by atoms with van der Waals surface area (Å²) in [7, 11) is 0. The highest BCUT2D eigenvalue weighted by Crippen LogP contribution is 2.13. The molecule has 1 heteroatoms. The number of rotatable bonds is 0. The molecule has 0 aliphatic rings. The van der Waals surface area contributed by atoms with E-state index < -0.39 is 0 Å². The summed E-state index contributed by atoms with van der Waals surface area (Å²) in [4.78, 5) is 0. The minimum Gasteiger partial charge on any atom is -0.0559 e. The highest BCUT2D eigenvalue weighted by molar-refractivity contribution is 5.75. The Morgan fingerprint density at radius 2 is 0.818 bits per heavy atom. The maximum Gasteiger partial charge on any atom is 0.0814 e. The van der Waals surface area contributed by atoms with Crippen LogP contribution in [0.2, 0.25) is 0 Å². The Kier molecular flexibility index (Phi) is 3.38. The third-order valence-corrected chi connectivity index (χ3v) is 2.11. The van der Waals surface area contributed by atoms with Crippen molar-refractivity contribution in [2.75, 3.05) is 0 Å². The smallest absolute Gasteiger partial charge is 0.0559 e. The van der Waals surface area contributed by atoms with Crippen LogP contribution in [0.15, 0.2) is 12.1 Å². The molecule has 0 spiro atoms. The van der Waals surface area contributed by atoms with Crippen LogP contribution in [-0.2, 0) is 0 Å². The van der Waals surface area contributed by atoms with Crippen LogP contribution < -0.4 is 0 Å². The highest BCUT2D eigenvalue weighted by Gasteiger charge is 1.95. The summed E-state index contributed by atoms with van der Waals surface area (Å²) in [5, 5.41) is 0. The molecule has 0 N–H and O–H groups in total. The minimum absolute atomic E-state index is 0. The minimum atomic E-state index is 0. The van der Waals surface area contributed by atoms with Crippen molar-refractivity contribution in [1.82, 2.24) is 0 Å². The Morgan fingerprint density at radius 1 is 0.636 bits per heavy atom. The zero-order valence-electron chi connectivity index (χ0n) is 7.15. The lowest BCUT2D eigenvalue weighted by molar-refractivity contribution is 1.24. The van der Waals surface area contributed by atoms with E-state index >= 15 is 0 Å². The van der Waals surface area contributed by atoms with Gasteiger partial charge in [-0.15, -0.1) is 0 Å². The topological polar surface area (TPSA) is 0 Å². The third-order valence-electron chi connectivity index (χ3n) is 2.11. The fourth-order valence-corrected chi connectivity index (χ4v) is 1.10. The Morgan fingerprint density at radius 3 is 1.00 bits per heavy atom. The molecule has 0 aliphatic carbocycles. The number of hydrogen-bond acceptors (Lipinski definition) is 0. The molecule has 0 amide bonds. The second-order valence-corrected chi connectivity index (χ2v) is 3.02. The van der Waals surface area contributed by atoms with Gasteiger partial charge in [-0.2, -0.15) is 0 Å². The lowest BCUT2D eigenvalue weighted by Crippen LogP contribution is -1.86. The van der Waals surface area contributed by atoms with Gasteiger partial charge in [0, 0.05) is 0 Å². The van der Waals surface area contributed by atoms with Crippen LogP contribution >= 0.6 is 0 Å². The fraction of sp³-hybridized carbons (Fsp3) is 0.400. The summed E-state index contributed by atoms with van der Waals surface area (Å²) in [6, 6.07) is 4.48. The van der Waals surface area contributed by atoms with Gasteiger partial charge in [0.05, 0.1) is 8.41 Å². The van der Waals surface area contributed by atoms with Gasteiger partial charge in [0.25, 0.3) is 0 Å². The maximum atomic E-state index is 2.24. The molecule has 60 valence electrons. The first-order chi connectivity index (χ1) is 4.61. The van der Waals surface area contributed by atoms with Crippen molar-refractivity contribution in [1.29, 1.82) is 0 Å². The Hall–Kier alpha value is -0.715. The van der Waals surface area contributed by atoms with E-state index in [1.165, 1.54) is 22.3 Å². The SMILES string of the molecule is B.Cc1cc(C)c(C)cc1C. The second-order valence-electron chi connectivity index (χ2n) is 3.02. The molecule has 1 aromatic rings. The molecule has 0 aliphatic heterocycles. The van der Waals surface area contributed by atoms with Crippen LogP contribution in [0.1, 0.15) is 22.3 Å². The molecule has 0 saturated heterocycles. The van der Waals surface area contributed by atoms with Gasteiger partial charge in [0.15, 0.2) is 0 Å². The first kappa shape index (κ1) is 10.3. The molecule has 0 nitrogen and oxygen atoms in total. The van der Waals surface area contributed by atoms with E-state index in [0.717, 1.165) is 0 Å². The molecule has 11 heavy (non-hydrogen) atoms. The van der Waals surface area contributed by atoms with E-state index in [0.29, 0.717) is 0 Å². The standard InChI is InChI=1S/C10H14.BH3/c1-7-5-9(3)10(4)6-8(7)2;/h5-6H,1-4H3;1H3. The van der Waals surface area contributed by atoms with Crippen molar-refractivity contribution in [2.45, 2.75) is 27.7 Å². The van der Waals surface area contributed by atoms with Crippen LogP contribution in [-0.4, -0.2) is 8.41 Å². The number of benzene rings is 1. The average Bonchev–Trinajstić information content (AvgIpc) is 1.84. The summed E-state index contributed by atoms with van der Waals surface area (Å²) in [5.74, 6) is 0. The summed E-state index contributed by atoms with van der Waals surface area (Å²) in [6.45, 7) is 8.62. The molecule has 1 aromatic carbocycles. The fourth-order valence-electron chi connectivity index (χ4n) is 1.10. The van der Waals surface area contributed by atoms with Crippen LogP contribution in [0.5, 0.6) is 0 Å². The third kappa shape index (κ3) is 2.11. The molecule has 0 heterocycles. The maximum absolute atomic E-state index is 2.24. The van der Waals surface area contributed by atoms with Gasteiger partial charge in [-0.1, -0.05) is 12.1 Å². The lowest BCUT2D eigenvalue weighted by Gasteiger charge is -2.04. The summed E-state index contributed by atoms with van der Waals surface area (Å²) in [6.07, 6.45) is 0. The Bertz CT molecular complexity index is 201. The average molecular weight is 148 g/mol. The quantitative estimate of drug-likeness (QED) is 0.491. The van der Waals surface area contributed by atoms with E-state index in [2.05, 4.69) is 39.8 Å². The van der Waals surface area contributed by atoms with E-state index in [1.807, 2.05) is 0 Å². The molecular formula is C10H17B. The van der Waals surface area contributed by atoms with Crippen molar-refractivity contribution in [3.63, 3.8) is 0 Å². The molecule has 0 radical (unpaired) electrons. The zero-order valence-corrected chi connectivity index (χ0v) is 7.15. The Balaban J connectivity index is 0.000001000. The second kappa shape index (κ2) is 3.61. The predicted molar refractivity (Wildman–Crippen MR) is 55.3 cm³/mol. The Labute approximate surface area is 71.2 Å². The van der Waals surface area contributed by atoms with Crippen molar-refractivity contribution < 1.29 is 0 Å². The van der Waals surface area contributed by atoms with Gasteiger partial charge in [-0.25, -0.2) is 0 Å². The number of hydrogen-bond donors (Lipinski definition) is 0. The number of aryl methyl sites for hydroxylation is 4. The lowest BCUT2D eigenvalue weighted by atomic mass is 10.0. The molecule has 0 unspecified atom stereocenters. The van der Waals surface area contributed by atoms with Crippen LogP contribution in [0, 0.1) is 27.7 Å². The highest BCUT2D eigenvalue weighted by atomic mass is 14.0. The van der Waals surface area contributed by atoms with E-state index in [1.54, 1.807) is 0 Å².